The summed E-state index contributed by atoms with van der Waals surface area (Å²) in [6.45, 7) is 8.69. The second-order valence-corrected chi connectivity index (χ2v) is 3.50. The van der Waals surface area contributed by atoms with E-state index in [1.54, 1.807) is 0 Å². The first-order valence-electron chi connectivity index (χ1n) is 4.73. The Bertz CT molecular complexity index is 137. The maximum absolute atomic E-state index is 11.2. The first-order chi connectivity index (χ1) is 5.58. The van der Waals surface area contributed by atoms with Crippen molar-refractivity contribution in [3.63, 3.8) is 0 Å². The molecule has 2 nitrogen and oxygen atoms in total. The maximum Gasteiger partial charge on any atom is 0.306 e. The zero-order valence-corrected chi connectivity index (χ0v) is 8.64. The lowest BCUT2D eigenvalue weighted by atomic mass is 9.81. The van der Waals surface area contributed by atoms with Crippen molar-refractivity contribution in [2.45, 2.75) is 47.0 Å². The van der Waals surface area contributed by atoms with Crippen molar-refractivity contribution in [3.05, 3.63) is 0 Å². The Morgan fingerprint density at radius 1 is 1.25 bits per heavy atom. The Kier molecular flexibility index (Phi) is 4.95. The second-order valence-electron chi connectivity index (χ2n) is 3.50. The summed E-state index contributed by atoms with van der Waals surface area (Å²) in [5, 5.41) is 0. The fraction of sp³-hybridized carbons (Fsp3) is 0.900. The van der Waals surface area contributed by atoms with Crippen molar-refractivity contribution in [3.8, 4) is 0 Å². The lowest BCUT2D eigenvalue weighted by Crippen LogP contribution is -2.20. The third kappa shape index (κ3) is 3.74. The van der Waals surface area contributed by atoms with Gasteiger partial charge in [-0.3, -0.25) is 4.79 Å². The molecule has 0 heterocycles. The highest BCUT2D eigenvalue weighted by Gasteiger charge is 2.23. The van der Waals surface area contributed by atoms with Gasteiger partial charge in [-0.25, -0.2) is 0 Å². The summed E-state index contributed by atoms with van der Waals surface area (Å²) in [4.78, 5) is 11.2. The summed E-state index contributed by atoms with van der Waals surface area (Å²) in [7, 11) is 0. The monoisotopic (exact) mass is 172 g/mol. The molecule has 0 bridgehead atoms. The first kappa shape index (κ1) is 11.5. The third-order valence-corrected chi connectivity index (χ3v) is 2.58. The Morgan fingerprint density at radius 3 is 2.08 bits per heavy atom. The number of rotatable bonds is 5. The van der Waals surface area contributed by atoms with Crippen LogP contribution in [0.3, 0.4) is 0 Å². The predicted octanol–water partition coefficient (Wildman–Crippen LogP) is 2.77. The standard InChI is InChI=1S/C10H20O2/c1-5-10(4,6-2)8-9(11)12-7-3/h5-8H2,1-4H3. The van der Waals surface area contributed by atoms with E-state index in [9.17, 15) is 4.79 Å². The van der Waals surface area contributed by atoms with Crippen LogP contribution in [0.15, 0.2) is 0 Å². The topological polar surface area (TPSA) is 26.3 Å². The molecule has 0 saturated carbocycles. The molecule has 0 amide bonds. The van der Waals surface area contributed by atoms with Crippen LogP contribution in [0.4, 0.5) is 0 Å². The summed E-state index contributed by atoms with van der Waals surface area (Å²) in [6, 6.07) is 0. The van der Waals surface area contributed by atoms with Gasteiger partial charge in [-0.1, -0.05) is 33.6 Å². The molecule has 0 fully saturated rings. The lowest BCUT2D eigenvalue weighted by molar-refractivity contribution is -0.145. The molecule has 0 atom stereocenters. The minimum atomic E-state index is -0.0660. The van der Waals surface area contributed by atoms with Gasteiger partial charge >= 0.3 is 5.97 Å². The van der Waals surface area contributed by atoms with Gasteiger partial charge in [-0.15, -0.1) is 0 Å². The predicted molar refractivity (Wildman–Crippen MR) is 49.9 cm³/mol. The number of hydrogen-bond acceptors (Lipinski definition) is 2. The lowest BCUT2D eigenvalue weighted by Gasteiger charge is -2.24. The molecule has 0 unspecified atom stereocenters. The van der Waals surface area contributed by atoms with Crippen LogP contribution in [0, 0.1) is 5.41 Å². The van der Waals surface area contributed by atoms with Crippen molar-refractivity contribution in [2.24, 2.45) is 5.41 Å². The fourth-order valence-corrected chi connectivity index (χ4v) is 1.06. The number of hydrogen-bond donors (Lipinski definition) is 0. The van der Waals surface area contributed by atoms with Crippen molar-refractivity contribution < 1.29 is 9.53 Å². The fourth-order valence-electron chi connectivity index (χ4n) is 1.06. The van der Waals surface area contributed by atoms with E-state index in [2.05, 4.69) is 20.8 Å². The van der Waals surface area contributed by atoms with Gasteiger partial charge in [0.1, 0.15) is 0 Å². The van der Waals surface area contributed by atoms with Gasteiger partial charge in [0.2, 0.25) is 0 Å². The Labute approximate surface area is 75.3 Å². The summed E-state index contributed by atoms with van der Waals surface area (Å²) in [5.74, 6) is -0.0660. The molecule has 0 saturated heterocycles. The molecule has 0 aliphatic heterocycles. The van der Waals surface area contributed by atoms with Gasteiger partial charge in [-0.2, -0.15) is 0 Å². The number of esters is 1. The van der Waals surface area contributed by atoms with Crippen LogP contribution in [-0.4, -0.2) is 12.6 Å². The molecule has 0 aromatic rings. The van der Waals surface area contributed by atoms with E-state index >= 15 is 0 Å². The average molecular weight is 172 g/mol. The average Bonchev–Trinajstić information content (AvgIpc) is 2.05. The molecule has 0 aliphatic carbocycles. The highest BCUT2D eigenvalue weighted by molar-refractivity contribution is 5.70. The quantitative estimate of drug-likeness (QED) is 0.596. The number of carbonyl (C=O) groups excluding carboxylic acids is 1. The summed E-state index contributed by atoms with van der Waals surface area (Å²) in [6.07, 6.45) is 2.61. The molecule has 0 aromatic heterocycles. The number of carbonyl (C=O) groups is 1. The molecule has 0 aromatic carbocycles. The van der Waals surface area contributed by atoms with Gasteiger partial charge < -0.3 is 4.74 Å². The van der Waals surface area contributed by atoms with Gasteiger partial charge in [0.25, 0.3) is 0 Å². The van der Waals surface area contributed by atoms with Crippen molar-refractivity contribution in [1.82, 2.24) is 0 Å². The van der Waals surface area contributed by atoms with Gasteiger partial charge in [0, 0.05) is 0 Å². The molecule has 0 N–H and O–H groups in total. The highest BCUT2D eigenvalue weighted by Crippen LogP contribution is 2.29. The van der Waals surface area contributed by atoms with Crippen LogP contribution in [0.5, 0.6) is 0 Å². The normalized spacial score (nSPS) is 11.3. The highest BCUT2D eigenvalue weighted by atomic mass is 16.5. The first-order valence-corrected chi connectivity index (χ1v) is 4.73. The molecule has 0 spiro atoms. The summed E-state index contributed by atoms with van der Waals surface area (Å²) < 4.78 is 4.90. The van der Waals surface area contributed by atoms with Crippen LogP contribution in [-0.2, 0) is 9.53 Å². The Balaban J connectivity index is 3.93. The SMILES string of the molecule is CCOC(=O)CC(C)(CC)CC. The molecular weight excluding hydrogens is 152 g/mol. The molecular formula is C10H20O2. The Hall–Kier alpha value is -0.530. The molecule has 0 aliphatic rings. The van der Waals surface area contributed by atoms with Gasteiger partial charge in [-0.05, 0) is 12.3 Å². The van der Waals surface area contributed by atoms with E-state index in [0.717, 1.165) is 12.8 Å². The minimum Gasteiger partial charge on any atom is -0.466 e. The van der Waals surface area contributed by atoms with Crippen molar-refractivity contribution in [2.75, 3.05) is 6.61 Å². The zero-order chi connectivity index (χ0) is 9.61. The second kappa shape index (κ2) is 5.18. The van der Waals surface area contributed by atoms with Crippen molar-refractivity contribution in [1.29, 1.82) is 0 Å². The van der Waals surface area contributed by atoms with E-state index in [1.807, 2.05) is 6.92 Å². The van der Waals surface area contributed by atoms with Crippen LogP contribution >= 0.6 is 0 Å². The third-order valence-electron chi connectivity index (χ3n) is 2.58. The van der Waals surface area contributed by atoms with E-state index < -0.39 is 0 Å². The summed E-state index contributed by atoms with van der Waals surface area (Å²) >= 11 is 0. The van der Waals surface area contributed by atoms with E-state index in [4.69, 9.17) is 4.74 Å². The van der Waals surface area contributed by atoms with Crippen molar-refractivity contribution >= 4 is 5.97 Å². The van der Waals surface area contributed by atoms with Gasteiger partial charge in [0.15, 0.2) is 0 Å². The molecule has 12 heavy (non-hydrogen) atoms. The smallest absolute Gasteiger partial charge is 0.306 e. The van der Waals surface area contributed by atoms with Crippen LogP contribution in [0.2, 0.25) is 0 Å². The molecule has 72 valence electrons. The number of ether oxygens (including phenoxy) is 1. The molecule has 0 rings (SSSR count). The van der Waals surface area contributed by atoms with Crippen LogP contribution < -0.4 is 0 Å². The summed E-state index contributed by atoms with van der Waals surface area (Å²) in [5.41, 5.74) is 0.131. The van der Waals surface area contributed by atoms with E-state index in [0.29, 0.717) is 13.0 Å². The van der Waals surface area contributed by atoms with E-state index in [-0.39, 0.29) is 11.4 Å². The maximum atomic E-state index is 11.2. The van der Waals surface area contributed by atoms with E-state index in [1.165, 1.54) is 0 Å². The van der Waals surface area contributed by atoms with Gasteiger partial charge in [0.05, 0.1) is 13.0 Å². The van der Waals surface area contributed by atoms with Crippen LogP contribution in [0.25, 0.3) is 0 Å². The molecule has 2 heteroatoms. The molecule has 0 radical (unpaired) electrons. The minimum absolute atomic E-state index is 0.0660. The Morgan fingerprint density at radius 2 is 1.75 bits per heavy atom. The zero-order valence-electron chi connectivity index (χ0n) is 8.64. The van der Waals surface area contributed by atoms with Crippen LogP contribution in [0.1, 0.15) is 47.0 Å². The largest absolute Gasteiger partial charge is 0.466 e.